The number of ether oxygens (including phenoxy) is 2. The van der Waals surface area contributed by atoms with E-state index in [2.05, 4.69) is 5.32 Å². The first kappa shape index (κ1) is 15.5. The number of hydrogen-bond acceptors (Lipinski definition) is 4. The number of nitrogens with one attached hydrogen (secondary N) is 1. The lowest BCUT2D eigenvalue weighted by Gasteiger charge is -2.10. The average Bonchev–Trinajstić information content (AvgIpc) is 2.38. The van der Waals surface area contributed by atoms with Crippen molar-refractivity contribution in [3.8, 4) is 5.75 Å². The number of carbonyl (C=O) groups is 1. The molecule has 0 fully saturated rings. The normalized spacial score (nSPS) is 10.5. The maximum absolute atomic E-state index is 11.3. The van der Waals surface area contributed by atoms with Crippen LogP contribution in [0.1, 0.15) is 25.8 Å². The van der Waals surface area contributed by atoms with Crippen LogP contribution in [0.25, 0.3) is 0 Å². The van der Waals surface area contributed by atoms with Crippen LogP contribution in [0.2, 0.25) is 0 Å². The quantitative estimate of drug-likeness (QED) is 0.579. The molecule has 0 aliphatic carbocycles. The van der Waals surface area contributed by atoms with E-state index in [1.807, 2.05) is 38.1 Å². The molecule has 0 spiro atoms. The predicted octanol–water partition coefficient (Wildman–Crippen LogP) is 2.37. The highest BCUT2D eigenvalue weighted by Crippen LogP contribution is 2.16. The third-order valence-corrected chi connectivity index (χ3v) is 2.62. The molecule has 4 heteroatoms. The minimum atomic E-state index is -0.130. The van der Waals surface area contributed by atoms with E-state index < -0.39 is 0 Å². The predicted molar refractivity (Wildman–Crippen MR) is 75.1 cm³/mol. The van der Waals surface area contributed by atoms with Crippen molar-refractivity contribution in [2.45, 2.75) is 26.8 Å². The van der Waals surface area contributed by atoms with E-state index in [1.54, 1.807) is 7.11 Å². The van der Waals surface area contributed by atoms with Crippen LogP contribution in [0.5, 0.6) is 5.75 Å². The Balaban J connectivity index is 2.19. The van der Waals surface area contributed by atoms with Crippen LogP contribution >= 0.6 is 0 Å². The molecule has 0 saturated carbocycles. The molecule has 19 heavy (non-hydrogen) atoms. The summed E-state index contributed by atoms with van der Waals surface area (Å²) in [4.78, 5) is 11.3. The third-order valence-electron chi connectivity index (χ3n) is 2.62. The zero-order chi connectivity index (χ0) is 14.1. The van der Waals surface area contributed by atoms with Crippen molar-refractivity contribution in [3.05, 3.63) is 29.8 Å². The molecule has 0 radical (unpaired) electrons. The summed E-state index contributed by atoms with van der Waals surface area (Å²) in [5, 5.41) is 3.23. The van der Waals surface area contributed by atoms with E-state index in [0.717, 1.165) is 11.3 Å². The van der Waals surface area contributed by atoms with Gasteiger partial charge < -0.3 is 14.8 Å². The van der Waals surface area contributed by atoms with E-state index in [9.17, 15) is 4.79 Å². The lowest BCUT2D eigenvalue weighted by molar-refractivity contribution is -0.144. The number of esters is 1. The first-order valence-corrected chi connectivity index (χ1v) is 6.61. The number of benzene rings is 1. The van der Waals surface area contributed by atoms with Crippen molar-refractivity contribution in [3.63, 3.8) is 0 Å². The number of carbonyl (C=O) groups excluding carboxylic acids is 1. The Labute approximate surface area is 115 Å². The van der Waals surface area contributed by atoms with Crippen molar-refractivity contribution in [2.24, 2.45) is 5.92 Å². The molecule has 0 bridgehead atoms. The van der Waals surface area contributed by atoms with Crippen molar-refractivity contribution in [1.82, 2.24) is 5.32 Å². The van der Waals surface area contributed by atoms with Gasteiger partial charge in [0, 0.05) is 25.1 Å². The van der Waals surface area contributed by atoms with E-state index in [0.29, 0.717) is 32.0 Å². The van der Waals surface area contributed by atoms with Crippen LogP contribution in [0.15, 0.2) is 24.3 Å². The molecule has 0 unspecified atom stereocenters. The molecule has 0 aromatic heterocycles. The highest BCUT2D eigenvalue weighted by molar-refractivity contribution is 5.69. The smallest absolute Gasteiger partial charge is 0.306 e. The van der Waals surface area contributed by atoms with Gasteiger partial charge in [0.1, 0.15) is 12.4 Å². The molecule has 106 valence electrons. The van der Waals surface area contributed by atoms with E-state index in [-0.39, 0.29) is 5.97 Å². The van der Waals surface area contributed by atoms with Crippen molar-refractivity contribution in [1.29, 1.82) is 0 Å². The Bertz CT molecular complexity index is 391. The van der Waals surface area contributed by atoms with Crippen molar-refractivity contribution < 1.29 is 14.3 Å². The van der Waals surface area contributed by atoms with E-state index >= 15 is 0 Å². The summed E-state index contributed by atoms with van der Waals surface area (Å²) in [7, 11) is 1.66. The molecule has 1 aromatic rings. The van der Waals surface area contributed by atoms with Gasteiger partial charge in [-0.1, -0.05) is 32.0 Å². The van der Waals surface area contributed by atoms with Gasteiger partial charge in [0.2, 0.25) is 0 Å². The summed E-state index contributed by atoms with van der Waals surface area (Å²) in [5.41, 5.74) is 1.10. The van der Waals surface area contributed by atoms with Gasteiger partial charge in [-0.3, -0.25) is 4.79 Å². The fraction of sp³-hybridized carbons (Fsp3) is 0.533. The van der Waals surface area contributed by atoms with Crippen LogP contribution in [0.4, 0.5) is 0 Å². The summed E-state index contributed by atoms with van der Waals surface area (Å²) in [5.74, 6) is 1.08. The summed E-state index contributed by atoms with van der Waals surface area (Å²) in [6.07, 6.45) is 0.479. The van der Waals surface area contributed by atoms with E-state index in [1.165, 1.54) is 0 Å². The Morgan fingerprint density at radius 3 is 2.74 bits per heavy atom. The van der Waals surface area contributed by atoms with Gasteiger partial charge in [-0.05, 0) is 12.0 Å². The Hall–Kier alpha value is -1.55. The maximum atomic E-state index is 11.3. The average molecular weight is 265 g/mol. The molecule has 0 aliphatic rings. The highest BCUT2D eigenvalue weighted by atomic mass is 16.5. The standard InChI is InChI=1S/C15H23NO3/c1-12(2)10-15(17)19-9-8-16-11-13-6-4-5-7-14(13)18-3/h4-7,12,16H,8-11H2,1-3H3. The second kappa shape index (κ2) is 8.53. The van der Waals surface area contributed by atoms with Gasteiger partial charge in [0.15, 0.2) is 0 Å². The first-order chi connectivity index (χ1) is 9.13. The van der Waals surface area contributed by atoms with Crippen LogP contribution in [-0.4, -0.2) is 26.2 Å². The fourth-order valence-corrected chi connectivity index (χ4v) is 1.70. The Morgan fingerprint density at radius 2 is 2.05 bits per heavy atom. The lowest BCUT2D eigenvalue weighted by atomic mass is 10.1. The number of hydrogen-bond donors (Lipinski definition) is 1. The molecule has 0 heterocycles. The number of rotatable bonds is 8. The molecule has 0 aliphatic heterocycles. The molecule has 0 amide bonds. The summed E-state index contributed by atoms with van der Waals surface area (Å²) < 4.78 is 10.4. The van der Waals surface area contributed by atoms with Gasteiger partial charge in [0.05, 0.1) is 7.11 Å². The minimum absolute atomic E-state index is 0.130. The first-order valence-electron chi connectivity index (χ1n) is 6.61. The summed E-state index contributed by atoms with van der Waals surface area (Å²) in [6.45, 7) is 5.75. The van der Waals surface area contributed by atoms with Gasteiger partial charge in [-0.25, -0.2) is 0 Å². The van der Waals surface area contributed by atoms with Crippen LogP contribution in [0, 0.1) is 5.92 Å². The largest absolute Gasteiger partial charge is 0.496 e. The molecule has 4 nitrogen and oxygen atoms in total. The second-order valence-corrected chi connectivity index (χ2v) is 4.81. The van der Waals surface area contributed by atoms with Crippen LogP contribution in [0.3, 0.4) is 0 Å². The lowest BCUT2D eigenvalue weighted by Crippen LogP contribution is -2.21. The maximum Gasteiger partial charge on any atom is 0.306 e. The van der Waals surface area contributed by atoms with Crippen LogP contribution in [-0.2, 0) is 16.1 Å². The minimum Gasteiger partial charge on any atom is -0.496 e. The molecule has 1 aromatic carbocycles. The highest BCUT2D eigenvalue weighted by Gasteiger charge is 2.05. The Morgan fingerprint density at radius 1 is 1.32 bits per heavy atom. The summed E-state index contributed by atoms with van der Waals surface area (Å²) >= 11 is 0. The van der Waals surface area contributed by atoms with E-state index in [4.69, 9.17) is 9.47 Å². The third kappa shape index (κ3) is 6.25. The number of para-hydroxylation sites is 1. The van der Waals surface area contributed by atoms with Crippen LogP contribution < -0.4 is 10.1 Å². The zero-order valence-corrected chi connectivity index (χ0v) is 11.9. The van der Waals surface area contributed by atoms with Gasteiger partial charge in [0.25, 0.3) is 0 Å². The summed E-state index contributed by atoms with van der Waals surface area (Å²) in [6, 6.07) is 7.86. The van der Waals surface area contributed by atoms with Gasteiger partial charge in [-0.2, -0.15) is 0 Å². The number of methoxy groups -OCH3 is 1. The molecule has 0 saturated heterocycles. The fourth-order valence-electron chi connectivity index (χ4n) is 1.70. The molecule has 1 rings (SSSR count). The Kier molecular flexibility index (Phi) is 6.97. The molecular weight excluding hydrogens is 242 g/mol. The molecule has 1 N–H and O–H groups in total. The van der Waals surface area contributed by atoms with Gasteiger partial charge in [-0.15, -0.1) is 0 Å². The zero-order valence-electron chi connectivity index (χ0n) is 11.9. The molecule has 0 atom stereocenters. The van der Waals surface area contributed by atoms with Crippen molar-refractivity contribution >= 4 is 5.97 Å². The monoisotopic (exact) mass is 265 g/mol. The van der Waals surface area contributed by atoms with Crippen molar-refractivity contribution in [2.75, 3.05) is 20.3 Å². The molecular formula is C15H23NO3. The van der Waals surface area contributed by atoms with Gasteiger partial charge >= 0.3 is 5.97 Å². The second-order valence-electron chi connectivity index (χ2n) is 4.81. The topological polar surface area (TPSA) is 47.6 Å². The SMILES string of the molecule is COc1ccccc1CNCCOC(=O)CC(C)C.